The lowest BCUT2D eigenvalue weighted by Crippen LogP contribution is -2.01. The molecule has 0 bridgehead atoms. The smallest absolute Gasteiger partial charge is 0.214 e. The van der Waals surface area contributed by atoms with E-state index in [-0.39, 0.29) is 0 Å². The molecule has 0 aliphatic rings. The molecule has 0 aliphatic carbocycles. The molecule has 118 valence electrons. The van der Waals surface area contributed by atoms with Crippen LogP contribution in [0.1, 0.15) is 11.3 Å². The van der Waals surface area contributed by atoms with E-state index in [4.69, 9.17) is 4.98 Å². The molecule has 5 nitrogen and oxygen atoms in total. The first kappa shape index (κ1) is 14.8. The Morgan fingerprint density at radius 2 is 1.79 bits per heavy atom. The fourth-order valence-corrected chi connectivity index (χ4v) is 3.34. The van der Waals surface area contributed by atoms with Crippen LogP contribution in [0.3, 0.4) is 0 Å². The fraction of sp³-hybridized carbons (Fsp3) is 0.111. The second-order valence-electron chi connectivity index (χ2n) is 5.44. The van der Waals surface area contributed by atoms with Gasteiger partial charge >= 0.3 is 0 Å². The van der Waals surface area contributed by atoms with Crippen molar-refractivity contribution in [2.24, 2.45) is 0 Å². The van der Waals surface area contributed by atoms with Crippen molar-refractivity contribution in [3.63, 3.8) is 0 Å². The number of hydrogen-bond acceptors (Lipinski definition) is 5. The summed E-state index contributed by atoms with van der Waals surface area (Å²) in [5.41, 5.74) is 4.15. The summed E-state index contributed by atoms with van der Waals surface area (Å²) < 4.78 is 1.78. The fourth-order valence-electron chi connectivity index (χ4n) is 2.55. The molecular formula is C18H15N5S. The topological polar surface area (TPSA) is 56.5 Å². The predicted octanol–water partition coefficient (Wildman–Crippen LogP) is 3.81. The molecule has 0 spiro atoms. The Morgan fingerprint density at radius 1 is 0.958 bits per heavy atom. The average Bonchev–Trinajstić information content (AvgIpc) is 3.08. The van der Waals surface area contributed by atoms with Gasteiger partial charge in [0.05, 0.1) is 16.9 Å². The minimum atomic E-state index is 0.719. The monoisotopic (exact) mass is 333 g/mol. The number of fused-ring (bicyclic) bond motifs is 1. The normalized spacial score (nSPS) is 11.0. The average molecular weight is 333 g/mol. The molecular weight excluding hydrogens is 318 g/mol. The van der Waals surface area contributed by atoms with Crippen LogP contribution in [0, 0.1) is 6.92 Å². The summed E-state index contributed by atoms with van der Waals surface area (Å²) in [7, 11) is 0. The van der Waals surface area contributed by atoms with E-state index in [0.717, 1.165) is 38.8 Å². The Bertz CT molecular complexity index is 995. The van der Waals surface area contributed by atoms with Crippen LogP contribution in [0.25, 0.3) is 16.6 Å². The van der Waals surface area contributed by atoms with E-state index in [9.17, 15) is 0 Å². The highest BCUT2D eigenvalue weighted by molar-refractivity contribution is 7.98. The Kier molecular flexibility index (Phi) is 3.96. The maximum Gasteiger partial charge on any atom is 0.214 e. The van der Waals surface area contributed by atoms with Crippen molar-refractivity contribution >= 4 is 22.7 Å². The van der Waals surface area contributed by atoms with Crippen molar-refractivity contribution in [3.05, 3.63) is 71.9 Å². The zero-order chi connectivity index (χ0) is 16.4. The van der Waals surface area contributed by atoms with Crippen LogP contribution in [0.5, 0.6) is 0 Å². The van der Waals surface area contributed by atoms with Gasteiger partial charge in [-0.05, 0) is 41.1 Å². The number of rotatable bonds is 4. The van der Waals surface area contributed by atoms with E-state index in [1.165, 1.54) is 0 Å². The summed E-state index contributed by atoms with van der Waals surface area (Å²) in [6.45, 7) is 2.05. The molecule has 4 rings (SSSR count). The number of benzene rings is 2. The van der Waals surface area contributed by atoms with Gasteiger partial charge in [-0.2, -0.15) is 4.68 Å². The SMILES string of the molecule is Cc1ccccc1-n1nnnc1SCc1ccc2ccccc2n1. The van der Waals surface area contributed by atoms with Crippen molar-refractivity contribution in [2.75, 3.05) is 0 Å². The van der Waals surface area contributed by atoms with E-state index in [1.807, 2.05) is 36.4 Å². The summed E-state index contributed by atoms with van der Waals surface area (Å²) in [5.74, 6) is 0.719. The molecule has 2 heterocycles. The third-order valence-corrected chi connectivity index (χ3v) is 4.74. The van der Waals surface area contributed by atoms with Gasteiger partial charge < -0.3 is 0 Å². The van der Waals surface area contributed by atoms with Gasteiger partial charge in [0.15, 0.2) is 0 Å². The minimum Gasteiger partial charge on any atom is -0.252 e. The molecule has 0 aliphatic heterocycles. The molecule has 0 saturated heterocycles. The van der Waals surface area contributed by atoms with Gasteiger partial charge in [0.25, 0.3) is 0 Å². The standard InChI is InChI=1S/C18H15N5S/c1-13-6-2-5-9-17(13)23-18(20-21-22-23)24-12-15-11-10-14-7-3-4-8-16(14)19-15/h2-11H,12H2,1H3. The number of aryl methyl sites for hydroxylation is 1. The second-order valence-corrected chi connectivity index (χ2v) is 6.39. The molecule has 24 heavy (non-hydrogen) atoms. The maximum absolute atomic E-state index is 4.70. The van der Waals surface area contributed by atoms with E-state index in [1.54, 1.807) is 16.4 Å². The number of aromatic nitrogens is 5. The molecule has 0 saturated carbocycles. The first-order chi connectivity index (χ1) is 11.8. The summed E-state index contributed by atoms with van der Waals surface area (Å²) in [4.78, 5) is 4.70. The number of hydrogen-bond donors (Lipinski definition) is 0. The number of thioether (sulfide) groups is 1. The molecule has 2 aromatic carbocycles. The van der Waals surface area contributed by atoms with Crippen LogP contribution in [0.2, 0.25) is 0 Å². The van der Waals surface area contributed by atoms with Crippen LogP contribution < -0.4 is 0 Å². The van der Waals surface area contributed by atoms with Gasteiger partial charge in [0.1, 0.15) is 0 Å². The highest BCUT2D eigenvalue weighted by Crippen LogP contribution is 2.24. The molecule has 0 fully saturated rings. The zero-order valence-corrected chi connectivity index (χ0v) is 13.9. The maximum atomic E-state index is 4.70. The highest BCUT2D eigenvalue weighted by atomic mass is 32.2. The van der Waals surface area contributed by atoms with E-state index < -0.39 is 0 Å². The molecule has 0 atom stereocenters. The van der Waals surface area contributed by atoms with Crippen LogP contribution >= 0.6 is 11.8 Å². The number of tetrazole rings is 1. The van der Waals surface area contributed by atoms with Crippen LogP contribution in [0.15, 0.2) is 65.8 Å². The molecule has 6 heteroatoms. The van der Waals surface area contributed by atoms with Gasteiger partial charge in [0, 0.05) is 11.1 Å². The van der Waals surface area contributed by atoms with Gasteiger partial charge in [-0.3, -0.25) is 4.98 Å². The van der Waals surface area contributed by atoms with Gasteiger partial charge in [-0.15, -0.1) is 5.10 Å². The van der Waals surface area contributed by atoms with Crippen LogP contribution in [-0.4, -0.2) is 25.2 Å². The van der Waals surface area contributed by atoms with Gasteiger partial charge in [-0.25, -0.2) is 0 Å². The van der Waals surface area contributed by atoms with Crippen molar-refractivity contribution < 1.29 is 0 Å². The van der Waals surface area contributed by atoms with E-state index in [0.29, 0.717) is 0 Å². The molecule has 0 amide bonds. The van der Waals surface area contributed by atoms with Crippen LogP contribution in [-0.2, 0) is 5.75 Å². The number of nitrogens with zero attached hydrogens (tertiary/aromatic N) is 5. The third kappa shape index (κ3) is 2.88. The van der Waals surface area contributed by atoms with Crippen LogP contribution in [0.4, 0.5) is 0 Å². The number of para-hydroxylation sites is 2. The summed E-state index contributed by atoms with van der Waals surface area (Å²) in [6, 6.07) is 20.3. The van der Waals surface area contributed by atoms with E-state index in [2.05, 4.69) is 46.7 Å². The van der Waals surface area contributed by atoms with Gasteiger partial charge in [-0.1, -0.05) is 54.2 Å². The highest BCUT2D eigenvalue weighted by Gasteiger charge is 2.11. The quantitative estimate of drug-likeness (QED) is 0.532. The second kappa shape index (κ2) is 6.41. The largest absolute Gasteiger partial charge is 0.252 e. The molecule has 4 aromatic rings. The molecule has 0 N–H and O–H groups in total. The first-order valence-electron chi connectivity index (χ1n) is 7.63. The Labute approximate surface area is 143 Å². The minimum absolute atomic E-state index is 0.719. The summed E-state index contributed by atoms with van der Waals surface area (Å²) >= 11 is 1.58. The van der Waals surface area contributed by atoms with Crippen molar-refractivity contribution in [2.45, 2.75) is 17.8 Å². The van der Waals surface area contributed by atoms with Crippen molar-refractivity contribution in [3.8, 4) is 5.69 Å². The zero-order valence-electron chi connectivity index (χ0n) is 13.1. The molecule has 0 unspecified atom stereocenters. The summed E-state index contributed by atoms with van der Waals surface area (Å²) in [5, 5.41) is 14.0. The van der Waals surface area contributed by atoms with Crippen molar-refractivity contribution in [1.29, 1.82) is 0 Å². The third-order valence-electron chi connectivity index (χ3n) is 3.79. The molecule has 2 aromatic heterocycles. The predicted molar refractivity (Wildman–Crippen MR) is 95.2 cm³/mol. The number of pyridine rings is 1. The Hall–Kier alpha value is -2.73. The van der Waals surface area contributed by atoms with Gasteiger partial charge in [0.2, 0.25) is 5.16 Å². The summed E-state index contributed by atoms with van der Waals surface area (Å²) in [6.07, 6.45) is 0. The lowest BCUT2D eigenvalue weighted by atomic mass is 10.2. The molecule has 0 radical (unpaired) electrons. The first-order valence-corrected chi connectivity index (χ1v) is 8.62. The van der Waals surface area contributed by atoms with E-state index >= 15 is 0 Å². The van der Waals surface area contributed by atoms with Crippen molar-refractivity contribution in [1.82, 2.24) is 25.2 Å². The Balaban J connectivity index is 1.58. The lowest BCUT2D eigenvalue weighted by molar-refractivity contribution is 0.752. The Morgan fingerprint density at radius 3 is 2.71 bits per heavy atom. The lowest BCUT2D eigenvalue weighted by Gasteiger charge is -2.07.